The SMILES string of the molecule is O=C(O)CN1CCN(CC(=O)O)Cc2ccc(OCC(=O)NCC3CCCCC3)c(n2)CN(CC(=O)O)CC1. The Balaban J connectivity index is 1.76. The highest BCUT2D eigenvalue weighted by Gasteiger charge is 2.22. The average molecular weight is 550 g/mol. The number of carboxylic acids is 3. The maximum Gasteiger partial charge on any atom is 0.317 e. The number of nitrogens with zero attached hydrogens (tertiary/aromatic N) is 4. The van der Waals surface area contributed by atoms with Crippen molar-refractivity contribution in [3.8, 4) is 5.75 Å². The fourth-order valence-electron chi connectivity index (χ4n) is 4.99. The second-order valence-electron chi connectivity index (χ2n) is 10.2. The number of ether oxygens (including phenoxy) is 1. The third kappa shape index (κ3) is 11.2. The number of nitrogens with one attached hydrogen (secondary N) is 1. The number of aromatic nitrogens is 1. The van der Waals surface area contributed by atoms with Gasteiger partial charge < -0.3 is 25.4 Å². The number of pyridine rings is 1. The quantitative estimate of drug-likeness (QED) is 0.298. The number of carbonyl (C=O) groups is 4. The molecule has 39 heavy (non-hydrogen) atoms. The molecule has 0 atom stereocenters. The largest absolute Gasteiger partial charge is 0.482 e. The first-order valence-corrected chi connectivity index (χ1v) is 13.4. The van der Waals surface area contributed by atoms with E-state index < -0.39 is 17.9 Å². The molecule has 13 heteroatoms. The van der Waals surface area contributed by atoms with Crippen molar-refractivity contribution in [1.29, 1.82) is 0 Å². The summed E-state index contributed by atoms with van der Waals surface area (Å²) in [7, 11) is 0. The first-order chi connectivity index (χ1) is 18.7. The van der Waals surface area contributed by atoms with E-state index in [4.69, 9.17) is 4.74 Å². The lowest BCUT2D eigenvalue weighted by atomic mass is 9.89. The molecule has 0 aromatic carbocycles. The van der Waals surface area contributed by atoms with Crippen molar-refractivity contribution in [2.24, 2.45) is 5.92 Å². The number of carbonyl (C=O) groups excluding carboxylic acids is 1. The van der Waals surface area contributed by atoms with Gasteiger partial charge in [0, 0.05) is 45.8 Å². The molecule has 0 saturated heterocycles. The molecule has 2 heterocycles. The van der Waals surface area contributed by atoms with Crippen LogP contribution in [0.3, 0.4) is 0 Å². The smallest absolute Gasteiger partial charge is 0.317 e. The molecule has 1 aliphatic heterocycles. The molecular formula is C26H39N5O8. The van der Waals surface area contributed by atoms with Crippen molar-refractivity contribution in [2.75, 3.05) is 59.0 Å². The molecule has 0 unspecified atom stereocenters. The molecule has 1 saturated carbocycles. The molecule has 3 rings (SSSR count). The summed E-state index contributed by atoms with van der Waals surface area (Å²) in [5.41, 5.74) is 0.982. The predicted octanol–water partition coefficient (Wildman–Crippen LogP) is 0.330. The fraction of sp³-hybridized carbons (Fsp3) is 0.654. The van der Waals surface area contributed by atoms with Crippen molar-refractivity contribution in [3.63, 3.8) is 0 Å². The molecule has 13 nitrogen and oxygen atoms in total. The molecule has 2 bridgehead atoms. The second kappa shape index (κ2) is 15.3. The van der Waals surface area contributed by atoms with Gasteiger partial charge in [-0.2, -0.15) is 0 Å². The predicted molar refractivity (Wildman–Crippen MR) is 139 cm³/mol. The molecule has 1 aromatic rings. The van der Waals surface area contributed by atoms with Crippen LogP contribution in [-0.2, 0) is 32.3 Å². The summed E-state index contributed by atoms with van der Waals surface area (Å²) in [4.78, 5) is 56.5. The maximum absolute atomic E-state index is 12.5. The number of amides is 1. The van der Waals surface area contributed by atoms with E-state index in [0.29, 0.717) is 36.1 Å². The minimum absolute atomic E-state index is 0.0962. The average Bonchev–Trinajstić information content (AvgIpc) is 2.87. The zero-order valence-corrected chi connectivity index (χ0v) is 22.2. The van der Waals surface area contributed by atoms with Gasteiger partial charge in [-0.15, -0.1) is 0 Å². The Kier molecular flexibility index (Phi) is 11.9. The topological polar surface area (TPSA) is 173 Å². The number of carboxylic acid groups (broad SMARTS) is 3. The lowest BCUT2D eigenvalue weighted by molar-refractivity contribution is -0.140. The third-order valence-corrected chi connectivity index (χ3v) is 6.96. The molecule has 0 radical (unpaired) electrons. The molecule has 1 aromatic heterocycles. The minimum atomic E-state index is -1.04. The van der Waals surface area contributed by atoms with E-state index in [1.54, 1.807) is 26.8 Å². The van der Waals surface area contributed by atoms with Crippen LogP contribution < -0.4 is 10.1 Å². The third-order valence-electron chi connectivity index (χ3n) is 6.96. The van der Waals surface area contributed by atoms with Crippen LogP contribution in [0.25, 0.3) is 0 Å². The fourth-order valence-corrected chi connectivity index (χ4v) is 4.99. The highest BCUT2D eigenvalue weighted by molar-refractivity contribution is 5.77. The number of rotatable bonds is 11. The van der Waals surface area contributed by atoms with Crippen molar-refractivity contribution >= 4 is 23.8 Å². The van der Waals surface area contributed by atoms with Gasteiger partial charge in [-0.1, -0.05) is 19.3 Å². The summed E-state index contributed by atoms with van der Waals surface area (Å²) < 4.78 is 5.82. The van der Waals surface area contributed by atoms with Crippen molar-refractivity contribution < 1.29 is 39.2 Å². The summed E-state index contributed by atoms with van der Waals surface area (Å²) in [6.07, 6.45) is 5.83. The van der Waals surface area contributed by atoms with Crippen LogP contribution in [0.4, 0.5) is 0 Å². The first kappa shape index (κ1) is 30.3. The van der Waals surface area contributed by atoms with Crippen LogP contribution in [0, 0.1) is 5.92 Å². The Morgan fingerprint density at radius 1 is 0.821 bits per heavy atom. The van der Waals surface area contributed by atoms with E-state index in [2.05, 4.69) is 10.3 Å². The number of hydrogen-bond acceptors (Lipinski definition) is 9. The van der Waals surface area contributed by atoms with Gasteiger partial charge >= 0.3 is 17.9 Å². The highest BCUT2D eigenvalue weighted by atomic mass is 16.5. The van der Waals surface area contributed by atoms with Gasteiger partial charge in [0.15, 0.2) is 6.61 Å². The second-order valence-corrected chi connectivity index (χ2v) is 10.2. The Labute approximate surface area is 227 Å². The Morgan fingerprint density at radius 2 is 1.38 bits per heavy atom. The van der Waals surface area contributed by atoms with Gasteiger partial charge in [0.25, 0.3) is 5.91 Å². The maximum atomic E-state index is 12.5. The lowest BCUT2D eigenvalue weighted by Crippen LogP contribution is -2.44. The molecule has 1 aliphatic carbocycles. The number of hydrogen-bond donors (Lipinski definition) is 4. The summed E-state index contributed by atoms with van der Waals surface area (Å²) in [5, 5.41) is 31.1. The Hall–Kier alpha value is -3.29. The lowest BCUT2D eigenvalue weighted by Gasteiger charge is -2.29. The monoisotopic (exact) mass is 549 g/mol. The van der Waals surface area contributed by atoms with Gasteiger partial charge in [0.1, 0.15) is 5.75 Å². The van der Waals surface area contributed by atoms with Crippen LogP contribution in [0.5, 0.6) is 5.75 Å². The van der Waals surface area contributed by atoms with E-state index in [0.717, 1.165) is 12.8 Å². The van der Waals surface area contributed by atoms with E-state index in [1.165, 1.54) is 19.3 Å². The number of aliphatic carboxylic acids is 3. The van der Waals surface area contributed by atoms with E-state index >= 15 is 0 Å². The Morgan fingerprint density at radius 3 is 2.00 bits per heavy atom. The van der Waals surface area contributed by atoms with Gasteiger partial charge in [-0.25, -0.2) is 0 Å². The van der Waals surface area contributed by atoms with Gasteiger partial charge in [-0.3, -0.25) is 38.9 Å². The van der Waals surface area contributed by atoms with Crippen molar-refractivity contribution in [1.82, 2.24) is 25.0 Å². The van der Waals surface area contributed by atoms with Crippen molar-refractivity contribution in [3.05, 3.63) is 23.5 Å². The minimum Gasteiger partial charge on any atom is -0.482 e. The standard InChI is InChI=1S/C26H39N5O8/c32-23(27-12-19-4-2-1-3-5-19)18-39-22-7-6-20-13-30(16-25(35)36)10-8-29(15-24(33)34)9-11-31(17-26(37)38)14-21(22)28-20/h6-7,19H,1-5,8-18H2,(H,27,32)(H,33,34)(H,35,36)(H,37,38). The van der Waals surface area contributed by atoms with Crippen molar-refractivity contribution in [2.45, 2.75) is 45.2 Å². The van der Waals surface area contributed by atoms with E-state index in [1.807, 2.05) is 0 Å². The summed E-state index contributed by atoms with van der Waals surface area (Å²) >= 11 is 0. The Bertz CT molecular complexity index is 1000. The molecule has 2 aliphatic rings. The molecule has 0 spiro atoms. The molecule has 1 amide bonds. The molecule has 1 fully saturated rings. The summed E-state index contributed by atoms with van der Waals surface area (Å²) in [6, 6.07) is 3.36. The zero-order valence-electron chi connectivity index (χ0n) is 22.2. The van der Waals surface area contributed by atoms with Crippen LogP contribution >= 0.6 is 0 Å². The van der Waals surface area contributed by atoms with Gasteiger partial charge in [-0.05, 0) is 30.9 Å². The van der Waals surface area contributed by atoms with Crippen LogP contribution in [0.2, 0.25) is 0 Å². The van der Waals surface area contributed by atoms with Crippen LogP contribution in [-0.4, -0.2) is 118 Å². The first-order valence-electron chi connectivity index (χ1n) is 13.4. The summed E-state index contributed by atoms with van der Waals surface area (Å²) in [6.45, 7) is 0.991. The normalized spacial score (nSPS) is 18.5. The highest BCUT2D eigenvalue weighted by Crippen LogP contribution is 2.23. The van der Waals surface area contributed by atoms with Crippen LogP contribution in [0.1, 0.15) is 43.5 Å². The van der Waals surface area contributed by atoms with Gasteiger partial charge in [0.05, 0.1) is 31.0 Å². The zero-order chi connectivity index (χ0) is 28.2. The molecule has 216 valence electrons. The molecular weight excluding hydrogens is 510 g/mol. The summed E-state index contributed by atoms with van der Waals surface area (Å²) in [5.74, 6) is -2.51. The number of fused-ring (bicyclic) bond motifs is 2. The van der Waals surface area contributed by atoms with Gasteiger partial charge in [0.2, 0.25) is 0 Å². The van der Waals surface area contributed by atoms with Crippen LogP contribution in [0.15, 0.2) is 12.1 Å². The van der Waals surface area contributed by atoms with E-state index in [-0.39, 0.29) is 64.9 Å². The van der Waals surface area contributed by atoms with E-state index in [9.17, 15) is 34.5 Å². The molecule has 4 N–H and O–H groups in total.